The van der Waals surface area contributed by atoms with Crippen molar-refractivity contribution in [3.8, 4) is 17.1 Å². The molecule has 3 atom stereocenters. The van der Waals surface area contributed by atoms with Gasteiger partial charge < -0.3 is 0 Å². The molecule has 2 aromatic heterocycles. The van der Waals surface area contributed by atoms with E-state index >= 15 is 0 Å². The number of hydrogen-bond donors (Lipinski definition) is 1. The van der Waals surface area contributed by atoms with Gasteiger partial charge in [0.05, 0.1) is 17.4 Å². The van der Waals surface area contributed by atoms with Crippen molar-refractivity contribution in [2.75, 3.05) is 0 Å². The minimum atomic E-state index is 0.688. The number of H-pyrrole nitrogens is 1. The van der Waals surface area contributed by atoms with Crippen LogP contribution in [0.25, 0.3) is 28.0 Å². The molecular formula is C28H32N6. The van der Waals surface area contributed by atoms with E-state index in [1.54, 1.807) is 0 Å². The van der Waals surface area contributed by atoms with Crippen LogP contribution in [0.3, 0.4) is 0 Å². The summed E-state index contributed by atoms with van der Waals surface area (Å²) >= 11 is 0. The molecular weight excluding hydrogens is 420 g/mol. The van der Waals surface area contributed by atoms with Gasteiger partial charge in [-0.25, -0.2) is 4.68 Å². The van der Waals surface area contributed by atoms with E-state index in [9.17, 15) is 0 Å². The highest BCUT2D eigenvalue weighted by Crippen LogP contribution is 2.46. The summed E-state index contributed by atoms with van der Waals surface area (Å²) in [7, 11) is 0. The molecule has 6 nitrogen and oxygen atoms in total. The number of rotatable bonds is 4. The number of nitrogens with zero attached hydrogens (tertiary/aromatic N) is 5. The molecule has 2 saturated heterocycles. The third-order valence-electron chi connectivity index (χ3n) is 8.62. The highest BCUT2D eigenvalue weighted by Gasteiger charge is 2.44. The summed E-state index contributed by atoms with van der Waals surface area (Å²) in [6.07, 6.45) is 14.6. The number of nitrogens with one attached hydrogen (secondary N) is 1. The maximum absolute atomic E-state index is 4.46. The molecule has 4 aromatic rings. The Morgan fingerprint density at radius 2 is 1.56 bits per heavy atom. The van der Waals surface area contributed by atoms with E-state index in [-0.39, 0.29) is 0 Å². The molecule has 3 fully saturated rings. The summed E-state index contributed by atoms with van der Waals surface area (Å²) in [5.74, 6) is 0.688. The highest BCUT2D eigenvalue weighted by molar-refractivity contribution is 5.91. The SMILES string of the molecule is c1ccc2c(-c3cn(-c4ccc(C5CC6CC[C@H](C5)N6C5CCCCC5)cc4)nn3)n[nH]c2c1. The van der Waals surface area contributed by atoms with Crippen LogP contribution in [0.2, 0.25) is 0 Å². The van der Waals surface area contributed by atoms with Gasteiger partial charge in [0.1, 0.15) is 11.4 Å². The molecule has 2 unspecified atom stereocenters. The normalized spacial score (nSPS) is 25.8. The van der Waals surface area contributed by atoms with Gasteiger partial charge in [0.2, 0.25) is 0 Å². The van der Waals surface area contributed by atoms with Crippen molar-refractivity contribution in [3.05, 3.63) is 60.3 Å². The maximum atomic E-state index is 4.46. The van der Waals surface area contributed by atoms with Crippen LogP contribution in [0.1, 0.15) is 69.3 Å². The lowest BCUT2D eigenvalue weighted by Crippen LogP contribution is -2.49. The quantitative estimate of drug-likeness (QED) is 0.422. The van der Waals surface area contributed by atoms with Crippen LogP contribution >= 0.6 is 0 Å². The second-order valence-electron chi connectivity index (χ2n) is 10.6. The molecule has 4 heterocycles. The molecule has 3 aliphatic rings. The Hall–Kier alpha value is -2.99. The minimum Gasteiger partial charge on any atom is -0.294 e. The third kappa shape index (κ3) is 3.47. The van der Waals surface area contributed by atoms with Crippen molar-refractivity contribution in [1.29, 1.82) is 0 Å². The fourth-order valence-electron chi connectivity index (χ4n) is 7.02. The first-order valence-corrected chi connectivity index (χ1v) is 13.1. The Morgan fingerprint density at radius 3 is 2.35 bits per heavy atom. The third-order valence-corrected chi connectivity index (χ3v) is 8.62. The van der Waals surface area contributed by atoms with Gasteiger partial charge in [-0.3, -0.25) is 10.00 Å². The van der Waals surface area contributed by atoms with Crippen molar-refractivity contribution in [1.82, 2.24) is 30.1 Å². The van der Waals surface area contributed by atoms with Crippen molar-refractivity contribution < 1.29 is 0 Å². The first-order chi connectivity index (χ1) is 16.8. The number of piperidine rings is 1. The number of fused-ring (bicyclic) bond motifs is 3. The smallest absolute Gasteiger partial charge is 0.134 e. The van der Waals surface area contributed by atoms with Gasteiger partial charge >= 0.3 is 0 Å². The van der Waals surface area contributed by atoms with E-state index in [0.29, 0.717) is 5.92 Å². The fraction of sp³-hybridized carbons (Fsp3) is 0.464. The van der Waals surface area contributed by atoms with Crippen LogP contribution in [0.4, 0.5) is 0 Å². The second-order valence-corrected chi connectivity index (χ2v) is 10.6. The zero-order chi connectivity index (χ0) is 22.5. The molecule has 7 rings (SSSR count). The molecule has 0 spiro atoms. The molecule has 1 saturated carbocycles. The minimum absolute atomic E-state index is 0.688. The Kier molecular flexibility index (Phi) is 5.00. The van der Waals surface area contributed by atoms with Crippen molar-refractivity contribution in [3.63, 3.8) is 0 Å². The van der Waals surface area contributed by atoms with Gasteiger partial charge in [-0.15, -0.1) is 5.10 Å². The van der Waals surface area contributed by atoms with Crippen LogP contribution in [0.15, 0.2) is 54.7 Å². The van der Waals surface area contributed by atoms with Gasteiger partial charge in [0, 0.05) is 23.5 Å². The lowest BCUT2D eigenvalue weighted by molar-refractivity contribution is 0.0567. The Bertz CT molecular complexity index is 1270. The largest absolute Gasteiger partial charge is 0.294 e. The van der Waals surface area contributed by atoms with Gasteiger partial charge in [-0.2, -0.15) is 5.10 Å². The van der Waals surface area contributed by atoms with Gasteiger partial charge in [0.25, 0.3) is 0 Å². The zero-order valence-corrected chi connectivity index (χ0v) is 19.6. The first-order valence-electron chi connectivity index (χ1n) is 13.1. The number of hydrogen-bond acceptors (Lipinski definition) is 4. The standard InChI is InChI=1S/C28H32N6/c1-2-6-22(7-3-1)34-23-14-15-24(34)17-20(16-23)19-10-12-21(13-11-19)33-18-27(30-32-33)28-25-8-4-5-9-26(25)29-31-28/h4-5,8-13,18,20,22-24H,1-3,6-7,14-17H2,(H,29,31)/t20?,23-,24?/m1/s1. The monoisotopic (exact) mass is 452 g/mol. The summed E-state index contributed by atoms with van der Waals surface area (Å²) in [5.41, 5.74) is 5.18. The molecule has 174 valence electrons. The van der Waals surface area contributed by atoms with Crippen LogP contribution in [-0.2, 0) is 0 Å². The van der Waals surface area contributed by atoms with Crippen molar-refractivity contribution >= 4 is 10.9 Å². The highest BCUT2D eigenvalue weighted by atomic mass is 15.4. The summed E-state index contributed by atoms with van der Waals surface area (Å²) < 4.78 is 1.86. The lowest BCUT2D eigenvalue weighted by Gasteiger charge is -2.45. The van der Waals surface area contributed by atoms with E-state index in [0.717, 1.165) is 46.1 Å². The number of aromatic nitrogens is 5. The number of aromatic amines is 1. The van der Waals surface area contributed by atoms with E-state index in [2.05, 4.69) is 55.7 Å². The van der Waals surface area contributed by atoms with Gasteiger partial charge in [-0.1, -0.05) is 54.8 Å². The van der Waals surface area contributed by atoms with Crippen LogP contribution < -0.4 is 0 Å². The van der Waals surface area contributed by atoms with E-state index in [4.69, 9.17) is 0 Å². The number of benzene rings is 2. The maximum Gasteiger partial charge on any atom is 0.134 e. The molecule has 34 heavy (non-hydrogen) atoms. The van der Waals surface area contributed by atoms with Crippen LogP contribution in [-0.4, -0.2) is 48.2 Å². The predicted molar refractivity (Wildman–Crippen MR) is 134 cm³/mol. The van der Waals surface area contributed by atoms with Gasteiger partial charge in [0.15, 0.2) is 0 Å². The summed E-state index contributed by atoms with van der Waals surface area (Å²) in [6.45, 7) is 0. The topological polar surface area (TPSA) is 62.6 Å². The van der Waals surface area contributed by atoms with E-state index < -0.39 is 0 Å². The Labute approximate surface area is 200 Å². The molecule has 1 N–H and O–H groups in total. The van der Waals surface area contributed by atoms with Crippen molar-refractivity contribution in [2.24, 2.45) is 0 Å². The molecule has 2 bridgehead atoms. The molecule has 1 aliphatic carbocycles. The number of para-hydroxylation sites is 1. The second kappa shape index (κ2) is 8.35. The van der Waals surface area contributed by atoms with Gasteiger partial charge in [-0.05, 0) is 68.2 Å². The molecule has 2 aliphatic heterocycles. The molecule has 6 heteroatoms. The Balaban J connectivity index is 1.08. The predicted octanol–water partition coefficient (Wildman–Crippen LogP) is 5.85. The molecule has 0 amide bonds. The average molecular weight is 453 g/mol. The lowest BCUT2D eigenvalue weighted by atomic mass is 9.82. The first kappa shape index (κ1) is 20.4. The van der Waals surface area contributed by atoms with Crippen molar-refractivity contribution in [2.45, 2.75) is 81.8 Å². The average Bonchev–Trinajstić information content (AvgIpc) is 3.60. The molecule has 2 aromatic carbocycles. The summed E-state index contributed by atoms with van der Waals surface area (Å²) in [4.78, 5) is 2.96. The summed E-state index contributed by atoms with van der Waals surface area (Å²) in [6, 6.07) is 19.6. The Morgan fingerprint density at radius 1 is 0.794 bits per heavy atom. The zero-order valence-electron chi connectivity index (χ0n) is 19.6. The fourth-order valence-corrected chi connectivity index (χ4v) is 7.02. The van der Waals surface area contributed by atoms with Crippen LogP contribution in [0, 0.1) is 0 Å². The van der Waals surface area contributed by atoms with E-state index in [1.807, 2.05) is 29.1 Å². The van der Waals surface area contributed by atoms with Crippen LogP contribution in [0.5, 0.6) is 0 Å². The summed E-state index contributed by atoms with van der Waals surface area (Å²) in [5, 5.41) is 17.4. The molecule has 0 radical (unpaired) electrons. The van der Waals surface area contributed by atoms with E-state index in [1.165, 1.54) is 63.4 Å².